The van der Waals surface area contributed by atoms with Gasteiger partial charge >= 0.3 is 0 Å². The van der Waals surface area contributed by atoms with Crippen molar-refractivity contribution in [3.63, 3.8) is 0 Å². The van der Waals surface area contributed by atoms with Crippen molar-refractivity contribution in [2.24, 2.45) is 0 Å². The number of hydrogen-bond acceptors (Lipinski definition) is 5. The number of aldehydes is 1. The zero-order chi connectivity index (χ0) is 25.4. The summed E-state index contributed by atoms with van der Waals surface area (Å²) in [6.07, 6.45) is 3.04. The highest BCUT2D eigenvalue weighted by molar-refractivity contribution is 5.93. The number of fused-ring (bicyclic) bond motifs is 1. The first-order valence-corrected chi connectivity index (χ1v) is 11.9. The van der Waals surface area contributed by atoms with Crippen molar-refractivity contribution < 1.29 is 19.1 Å². The molecule has 0 spiro atoms. The van der Waals surface area contributed by atoms with Crippen LogP contribution in [0.25, 0.3) is 22.2 Å². The van der Waals surface area contributed by atoms with Gasteiger partial charge in [0.15, 0.2) is 0 Å². The number of carbonyl (C=O) groups is 1. The molecule has 0 aliphatic heterocycles. The summed E-state index contributed by atoms with van der Waals surface area (Å²) in [6, 6.07) is 15.4. The maximum Gasteiger partial charge on any atom is 0.226 e. The Kier molecular flexibility index (Phi) is 6.46. The summed E-state index contributed by atoms with van der Waals surface area (Å²) in [4.78, 5) is 16.0. The number of nitrogens with zero attached hydrogens (tertiary/aromatic N) is 1. The molecule has 35 heavy (non-hydrogen) atoms. The summed E-state index contributed by atoms with van der Waals surface area (Å²) in [6.45, 7) is 12.9. The maximum atomic E-state index is 11.3. The molecule has 4 aromatic rings. The molecule has 0 unspecified atom stereocenters. The summed E-state index contributed by atoms with van der Waals surface area (Å²) in [7, 11) is 0. The van der Waals surface area contributed by atoms with Crippen LogP contribution in [-0.2, 0) is 17.3 Å². The summed E-state index contributed by atoms with van der Waals surface area (Å²) >= 11 is 0. The minimum Gasteiger partial charge on any atom is -0.507 e. The fourth-order valence-corrected chi connectivity index (χ4v) is 4.21. The van der Waals surface area contributed by atoms with Crippen molar-refractivity contribution in [3.8, 4) is 23.0 Å². The quantitative estimate of drug-likeness (QED) is 0.300. The Morgan fingerprint density at radius 1 is 0.971 bits per heavy atom. The number of ether oxygens (including phenoxy) is 1. The maximum absolute atomic E-state index is 11.3. The third-order valence-corrected chi connectivity index (χ3v) is 6.12. The van der Waals surface area contributed by atoms with Crippen LogP contribution in [0.1, 0.15) is 68.7 Å². The van der Waals surface area contributed by atoms with Crippen molar-refractivity contribution in [2.75, 3.05) is 6.61 Å². The van der Waals surface area contributed by atoms with Gasteiger partial charge in [0.05, 0.1) is 12.3 Å². The van der Waals surface area contributed by atoms with E-state index in [9.17, 15) is 9.90 Å². The lowest BCUT2D eigenvalue weighted by atomic mass is 9.78. The Morgan fingerprint density at radius 3 is 2.26 bits per heavy atom. The minimum atomic E-state index is -0.234. The van der Waals surface area contributed by atoms with E-state index in [4.69, 9.17) is 14.1 Å². The van der Waals surface area contributed by atoms with E-state index >= 15 is 0 Å². The third-order valence-electron chi connectivity index (χ3n) is 6.12. The molecule has 0 atom stereocenters. The molecule has 0 saturated heterocycles. The molecule has 0 aliphatic rings. The zero-order valence-corrected chi connectivity index (χ0v) is 21.3. The van der Waals surface area contributed by atoms with Gasteiger partial charge in [-0.2, -0.15) is 0 Å². The number of phenolic OH excluding ortho intramolecular Hbond substituents is 1. The second-order valence-corrected chi connectivity index (χ2v) is 11.0. The molecule has 0 amide bonds. The van der Waals surface area contributed by atoms with Crippen LogP contribution in [-0.4, -0.2) is 23.0 Å². The Labute approximate surface area is 206 Å². The normalized spacial score (nSPS) is 12.2. The first kappa shape index (κ1) is 24.5. The molecule has 0 fully saturated rings. The van der Waals surface area contributed by atoms with Gasteiger partial charge in [-0.25, -0.2) is 4.98 Å². The van der Waals surface area contributed by atoms with Crippen LogP contribution in [0.2, 0.25) is 0 Å². The molecule has 0 bridgehead atoms. The van der Waals surface area contributed by atoms with Crippen molar-refractivity contribution in [1.82, 2.24) is 4.98 Å². The standard InChI is InChI=1S/C30H33NO4/c1-29(2,3)24-15-21(16-25(27(24)33)30(4,5)6)28-31-22(18-35-28)11-12-34-26-14-19(17-32)13-20-9-7-8-10-23(20)26/h7-10,13-18,33H,11-12H2,1-6H3. The first-order valence-electron chi connectivity index (χ1n) is 11.9. The van der Waals surface area contributed by atoms with Crippen LogP contribution in [0.4, 0.5) is 0 Å². The molecule has 0 radical (unpaired) electrons. The fraction of sp³-hybridized carbons (Fsp3) is 0.333. The highest BCUT2D eigenvalue weighted by atomic mass is 16.5. The number of oxazole rings is 1. The van der Waals surface area contributed by atoms with E-state index < -0.39 is 0 Å². The van der Waals surface area contributed by atoms with Gasteiger partial charge in [0, 0.05) is 34.1 Å². The predicted octanol–water partition coefficient (Wildman–Crippen LogP) is 7.23. The molecule has 5 heteroatoms. The Bertz CT molecular complexity index is 1330. The third kappa shape index (κ3) is 5.24. The number of carbonyl (C=O) groups excluding carboxylic acids is 1. The number of benzene rings is 3. The van der Waals surface area contributed by atoms with E-state index in [1.54, 1.807) is 12.3 Å². The van der Waals surface area contributed by atoms with Gasteiger partial charge in [-0.3, -0.25) is 4.79 Å². The van der Waals surface area contributed by atoms with E-state index in [0.29, 0.717) is 36.0 Å². The average Bonchev–Trinajstić information content (AvgIpc) is 3.26. The number of phenols is 1. The van der Waals surface area contributed by atoms with E-state index in [1.807, 2.05) is 42.5 Å². The molecule has 1 aromatic heterocycles. The van der Waals surface area contributed by atoms with Gasteiger partial charge < -0.3 is 14.3 Å². The second-order valence-electron chi connectivity index (χ2n) is 11.0. The Morgan fingerprint density at radius 2 is 1.63 bits per heavy atom. The first-order chi connectivity index (χ1) is 16.5. The SMILES string of the molecule is CC(C)(C)c1cc(-c2nc(CCOc3cc(C=O)cc4ccccc34)co2)cc(C(C)(C)C)c1O. The molecule has 0 aliphatic carbocycles. The minimum absolute atomic E-state index is 0.234. The molecule has 3 aromatic carbocycles. The van der Waals surface area contributed by atoms with Crippen LogP contribution in [0.5, 0.6) is 11.5 Å². The highest BCUT2D eigenvalue weighted by Crippen LogP contribution is 2.41. The summed E-state index contributed by atoms with van der Waals surface area (Å²) < 4.78 is 11.9. The second kappa shape index (κ2) is 9.21. The van der Waals surface area contributed by atoms with Gasteiger partial charge in [-0.15, -0.1) is 0 Å². The predicted molar refractivity (Wildman–Crippen MR) is 140 cm³/mol. The summed E-state index contributed by atoms with van der Waals surface area (Å²) in [5, 5.41) is 12.9. The smallest absolute Gasteiger partial charge is 0.226 e. The van der Waals surface area contributed by atoms with E-state index in [0.717, 1.165) is 39.4 Å². The van der Waals surface area contributed by atoms with Gasteiger partial charge in [0.1, 0.15) is 24.0 Å². The number of hydrogen-bond donors (Lipinski definition) is 1. The molecule has 1 heterocycles. The summed E-state index contributed by atoms with van der Waals surface area (Å²) in [5.41, 5.74) is 3.46. The van der Waals surface area contributed by atoms with Crippen LogP contribution in [0.3, 0.4) is 0 Å². The zero-order valence-electron chi connectivity index (χ0n) is 21.3. The van der Waals surface area contributed by atoms with Crippen LogP contribution in [0, 0.1) is 0 Å². The lowest BCUT2D eigenvalue weighted by Gasteiger charge is -2.27. The largest absolute Gasteiger partial charge is 0.507 e. The lowest BCUT2D eigenvalue weighted by molar-refractivity contribution is 0.112. The topological polar surface area (TPSA) is 72.6 Å². The number of rotatable bonds is 6. The van der Waals surface area contributed by atoms with E-state index in [1.165, 1.54) is 0 Å². The average molecular weight is 472 g/mol. The van der Waals surface area contributed by atoms with Crippen LogP contribution < -0.4 is 4.74 Å². The van der Waals surface area contributed by atoms with Gasteiger partial charge in [0.2, 0.25) is 5.89 Å². The number of aromatic hydroxyl groups is 1. The van der Waals surface area contributed by atoms with Crippen molar-refractivity contribution in [2.45, 2.75) is 58.8 Å². The van der Waals surface area contributed by atoms with Gasteiger partial charge in [0.25, 0.3) is 0 Å². The van der Waals surface area contributed by atoms with E-state index in [-0.39, 0.29) is 10.8 Å². The molecular formula is C30H33NO4. The van der Waals surface area contributed by atoms with Crippen molar-refractivity contribution in [3.05, 3.63) is 77.2 Å². The molecule has 0 saturated carbocycles. The lowest BCUT2D eigenvalue weighted by Crippen LogP contribution is -2.17. The van der Waals surface area contributed by atoms with Crippen LogP contribution >= 0.6 is 0 Å². The van der Waals surface area contributed by atoms with Crippen molar-refractivity contribution in [1.29, 1.82) is 0 Å². The van der Waals surface area contributed by atoms with Gasteiger partial charge in [-0.05, 0) is 40.5 Å². The Hall–Kier alpha value is -3.60. The molecule has 5 nitrogen and oxygen atoms in total. The molecule has 4 rings (SSSR count). The Balaban J connectivity index is 1.57. The van der Waals surface area contributed by atoms with Crippen molar-refractivity contribution >= 4 is 17.1 Å². The van der Waals surface area contributed by atoms with Crippen LogP contribution in [0.15, 0.2) is 59.2 Å². The summed E-state index contributed by atoms with van der Waals surface area (Å²) in [5.74, 6) is 1.53. The number of aromatic nitrogens is 1. The monoisotopic (exact) mass is 471 g/mol. The molecule has 182 valence electrons. The molecule has 1 N–H and O–H groups in total. The van der Waals surface area contributed by atoms with E-state index in [2.05, 4.69) is 41.5 Å². The molecular weight excluding hydrogens is 438 g/mol. The fourth-order valence-electron chi connectivity index (χ4n) is 4.21. The highest BCUT2D eigenvalue weighted by Gasteiger charge is 2.27. The van der Waals surface area contributed by atoms with Gasteiger partial charge in [-0.1, -0.05) is 65.8 Å².